The lowest BCUT2D eigenvalue weighted by Gasteiger charge is -2.37. The van der Waals surface area contributed by atoms with Crippen molar-refractivity contribution in [3.63, 3.8) is 0 Å². The average molecular weight is 478 g/mol. The standard InChI is InChI=1S/C22H29N3O2S.C6H6/c23-28(26,27)21-10-8-20(9-11-21)25-16-14-24(15-17-25)13-12-19-6-3-5-18-4-1-2-7-22(18)19;1-2-4-6-5-3-1/h1-2,4,7-11,19H,3,5-6,12-17H2,(H2,23,26,27);1-6H. The fourth-order valence-electron chi connectivity index (χ4n) is 4.95. The van der Waals surface area contributed by atoms with Gasteiger partial charge in [0.05, 0.1) is 4.90 Å². The number of hydrogen-bond donors (Lipinski definition) is 1. The molecule has 0 amide bonds. The number of hydrogen-bond acceptors (Lipinski definition) is 4. The molecule has 1 heterocycles. The van der Waals surface area contributed by atoms with Crippen LogP contribution in [0.5, 0.6) is 0 Å². The van der Waals surface area contributed by atoms with Gasteiger partial charge >= 0.3 is 0 Å². The van der Waals surface area contributed by atoms with Crippen molar-refractivity contribution in [2.75, 3.05) is 37.6 Å². The molecule has 1 unspecified atom stereocenters. The Morgan fingerprint density at radius 3 is 2.03 bits per heavy atom. The Balaban J connectivity index is 0.000000398. The Morgan fingerprint density at radius 2 is 1.41 bits per heavy atom. The van der Waals surface area contributed by atoms with Crippen LogP contribution in [0.4, 0.5) is 5.69 Å². The summed E-state index contributed by atoms with van der Waals surface area (Å²) in [7, 11) is -3.63. The van der Waals surface area contributed by atoms with E-state index in [1.165, 1.54) is 25.7 Å². The Kier molecular flexibility index (Phi) is 8.38. The van der Waals surface area contributed by atoms with Gasteiger partial charge in [-0.05, 0) is 73.5 Å². The molecule has 3 aromatic carbocycles. The molecule has 5 rings (SSSR count). The maximum absolute atomic E-state index is 11.4. The predicted molar refractivity (Wildman–Crippen MR) is 140 cm³/mol. The molecule has 2 aliphatic rings. The van der Waals surface area contributed by atoms with Gasteiger partial charge in [-0.25, -0.2) is 13.6 Å². The van der Waals surface area contributed by atoms with Crippen molar-refractivity contribution >= 4 is 15.7 Å². The lowest BCUT2D eigenvalue weighted by Crippen LogP contribution is -2.46. The first-order valence-electron chi connectivity index (χ1n) is 12.2. The van der Waals surface area contributed by atoms with Crippen LogP contribution in [0.2, 0.25) is 0 Å². The van der Waals surface area contributed by atoms with Gasteiger partial charge in [0, 0.05) is 31.9 Å². The highest BCUT2D eigenvalue weighted by molar-refractivity contribution is 7.89. The molecule has 1 fully saturated rings. The third kappa shape index (κ3) is 6.69. The fourth-order valence-corrected chi connectivity index (χ4v) is 5.47. The Labute approximate surface area is 204 Å². The summed E-state index contributed by atoms with van der Waals surface area (Å²) >= 11 is 0. The first kappa shape index (κ1) is 24.5. The third-order valence-electron chi connectivity index (χ3n) is 6.86. The van der Waals surface area contributed by atoms with E-state index in [9.17, 15) is 8.42 Å². The highest BCUT2D eigenvalue weighted by Crippen LogP contribution is 2.34. The molecule has 5 nitrogen and oxygen atoms in total. The zero-order chi connectivity index (χ0) is 23.8. The number of piperazine rings is 1. The number of sulfonamides is 1. The summed E-state index contributed by atoms with van der Waals surface area (Å²) in [6.45, 7) is 5.18. The minimum Gasteiger partial charge on any atom is -0.369 e. The largest absolute Gasteiger partial charge is 0.369 e. The molecule has 1 aliphatic carbocycles. The number of rotatable bonds is 5. The monoisotopic (exact) mass is 477 g/mol. The molecule has 1 aliphatic heterocycles. The molecule has 0 bridgehead atoms. The zero-order valence-corrected chi connectivity index (χ0v) is 20.5. The molecule has 6 heteroatoms. The van der Waals surface area contributed by atoms with Crippen LogP contribution in [0.15, 0.2) is 89.8 Å². The highest BCUT2D eigenvalue weighted by atomic mass is 32.2. The van der Waals surface area contributed by atoms with Gasteiger partial charge in [-0.1, -0.05) is 60.7 Å². The second-order valence-electron chi connectivity index (χ2n) is 9.10. The second-order valence-corrected chi connectivity index (χ2v) is 10.7. The minimum atomic E-state index is -3.63. The van der Waals surface area contributed by atoms with Gasteiger partial charge in [0.2, 0.25) is 10.0 Å². The van der Waals surface area contributed by atoms with Crippen molar-refractivity contribution in [3.05, 3.63) is 96.1 Å². The van der Waals surface area contributed by atoms with E-state index >= 15 is 0 Å². The van der Waals surface area contributed by atoms with Crippen LogP contribution < -0.4 is 10.0 Å². The number of nitrogens with two attached hydrogens (primary N) is 1. The molecule has 0 radical (unpaired) electrons. The first-order chi connectivity index (χ1) is 16.5. The van der Waals surface area contributed by atoms with Crippen molar-refractivity contribution in [2.24, 2.45) is 5.14 Å². The maximum Gasteiger partial charge on any atom is 0.238 e. The van der Waals surface area contributed by atoms with Crippen LogP contribution in [0, 0.1) is 0 Å². The van der Waals surface area contributed by atoms with Crippen molar-refractivity contribution in [3.8, 4) is 0 Å². The minimum absolute atomic E-state index is 0.169. The lowest BCUT2D eigenvalue weighted by molar-refractivity contribution is 0.245. The van der Waals surface area contributed by atoms with Crippen molar-refractivity contribution in [2.45, 2.75) is 36.5 Å². The molecule has 0 aromatic heterocycles. The number of fused-ring (bicyclic) bond motifs is 1. The zero-order valence-electron chi connectivity index (χ0n) is 19.7. The van der Waals surface area contributed by atoms with Crippen LogP contribution in [0.1, 0.15) is 36.3 Å². The van der Waals surface area contributed by atoms with Gasteiger partial charge in [0.1, 0.15) is 0 Å². The van der Waals surface area contributed by atoms with Gasteiger partial charge in [0.25, 0.3) is 0 Å². The molecule has 34 heavy (non-hydrogen) atoms. The third-order valence-corrected chi connectivity index (χ3v) is 7.79. The van der Waals surface area contributed by atoms with Gasteiger partial charge in [-0.15, -0.1) is 0 Å². The average Bonchev–Trinajstić information content (AvgIpc) is 2.89. The van der Waals surface area contributed by atoms with Gasteiger partial charge in [0.15, 0.2) is 0 Å². The topological polar surface area (TPSA) is 66.6 Å². The normalized spacial score (nSPS) is 18.5. The van der Waals surface area contributed by atoms with Gasteiger partial charge < -0.3 is 4.90 Å². The number of anilines is 1. The number of primary sulfonamides is 1. The SMILES string of the molecule is NS(=O)(=O)c1ccc(N2CCN(CCC3CCCc4ccccc43)CC2)cc1.c1ccccc1. The molecule has 0 spiro atoms. The van der Waals surface area contributed by atoms with Crippen molar-refractivity contribution in [1.82, 2.24) is 4.90 Å². The van der Waals surface area contributed by atoms with E-state index in [4.69, 9.17) is 5.14 Å². The quantitative estimate of drug-likeness (QED) is 0.581. The number of nitrogens with zero attached hydrogens (tertiary/aromatic N) is 2. The molecule has 1 saturated heterocycles. The number of benzene rings is 3. The molecule has 3 aromatic rings. The summed E-state index contributed by atoms with van der Waals surface area (Å²) in [5.41, 5.74) is 4.18. The molecule has 1 atom stereocenters. The van der Waals surface area contributed by atoms with Crippen molar-refractivity contribution in [1.29, 1.82) is 0 Å². The Morgan fingerprint density at radius 1 is 0.794 bits per heavy atom. The van der Waals surface area contributed by atoms with Crippen molar-refractivity contribution < 1.29 is 8.42 Å². The predicted octanol–water partition coefficient (Wildman–Crippen LogP) is 4.65. The van der Waals surface area contributed by atoms with E-state index in [2.05, 4.69) is 34.1 Å². The van der Waals surface area contributed by atoms with Crippen LogP contribution in [0.3, 0.4) is 0 Å². The summed E-state index contributed by atoms with van der Waals surface area (Å²) in [4.78, 5) is 5.05. The molecule has 180 valence electrons. The molecule has 0 saturated carbocycles. The van der Waals surface area contributed by atoms with Crippen LogP contribution in [0.25, 0.3) is 0 Å². The first-order valence-corrected chi connectivity index (χ1v) is 13.7. The maximum atomic E-state index is 11.4. The van der Waals surface area contributed by atoms with E-state index < -0.39 is 10.0 Å². The van der Waals surface area contributed by atoms with Crippen LogP contribution in [-0.2, 0) is 16.4 Å². The summed E-state index contributed by atoms with van der Waals surface area (Å²) in [5, 5.41) is 5.18. The van der Waals surface area contributed by atoms with E-state index in [0.717, 1.165) is 38.4 Å². The molecular weight excluding hydrogens is 442 g/mol. The van der Waals surface area contributed by atoms with E-state index in [1.54, 1.807) is 23.3 Å². The van der Waals surface area contributed by atoms with Crippen LogP contribution >= 0.6 is 0 Å². The Bertz CT molecular complexity index is 1100. The summed E-state index contributed by atoms with van der Waals surface area (Å²) < 4.78 is 22.8. The van der Waals surface area contributed by atoms with E-state index in [-0.39, 0.29) is 4.90 Å². The van der Waals surface area contributed by atoms with Gasteiger partial charge in [-0.3, -0.25) is 4.90 Å². The lowest BCUT2D eigenvalue weighted by atomic mass is 9.81. The fraction of sp³-hybridized carbons (Fsp3) is 0.357. The van der Waals surface area contributed by atoms with Crippen LogP contribution in [-0.4, -0.2) is 46.0 Å². The smallest absolute Gasteiger partial charge is 0.238 e. The summed E-state index contributed by atoms with van der Waals surface area (Å²) in [5.74, 6) is 0.703. The molecule has 2 N–H and O–H groups in total. The summed E-state index contributed by atoms with van der Waals surface area (Å²) in [6.07, 6.45) is 5.09. The molecular formula is C28H35N3O2S. The Hall–Kier alpha value is -2.67. The highest BCUT2D eigenvalue weighted by Gasteiger charge is 2.22. The van der Waals surface area contributed by atoms with E-state index in [1.807, 2.05) is 48.5 Å². The number of aryl methyl sites for hydroxylation is 1. The summed E-state index contributed by atoms with van der Waals surface area (Å²) in [6, 6.07) is 27.9. The second kappa shape index (κ2) is 11.6. The van der Waals surface area contributed by atoms with E-state index in [0.29, 0.717) is 5.92 Å². The van der Waals surface area contributed by atoms with Gasteiger partial charge in [-0.2, -0.15) is 0 Å².